The minimum absolute atomic E-state index is 0.0586. The summed E-state index contributed by atoms with van der Waals surface area (Å²) in [6.45, 7) is 1.95. The quantitative estimate of drug-likeness (QED) is 0.846. The summed E-state index contributed by atoms with van der Waals surface area (Å²) >= 11 is 0. The summed E-state index contributed by atoms with van der Waals surface area (Å²) < 4.78 is 0. The zero-order valence-corrected chi connectivity index (χ0v) is 14.1. The molecule has 0 heterocycles. The highest BCUT2D eigenvalue weighted by Crippen LogP contribution is 2.11. The van der Waals surface area contributed by atoms with Gasteiger partial charge in [0.25, 0.3) is 5.91 Å². The van der Waals surface area contributed by atoms with Crippen molar-refractivity contribution in [1.82, 2.24) is 9.80 Å². The maximum absolute atomic E-state index is 12.8. The zero-order chi connectivity index (χ0) is 17.5. The number of nitrogens with two attached hydrogens (primary N) is 1. The Morgan fingerprint density at radius 1 is 0.875 bits per heavy atom. The van der Waals surface area contributed by atoms with E-state index in [0.717, 1.165) is 12.1 Å². The lowest BCUT2D eigenvalue weighted by Crippen LogP contribution is -2.36. The van der Waals surface area contributed by atoms with Crippen molar-refractivity contribution < 1.29 is 9.59 Å². The van der Waals surface area contributed by atoms with E-state index < -0.39 is 5.91 Å². The topological polar surface area (TPSA) is 66.6 Å². The number of hydrogen-bond acceptors (Lipinski definition) is 3. The third kappa shape index (κ3) is 4.93. The highest BCUT2D eigenvalue weighted by atomic mass is 16.2. The lowest BCUT2D eigenvalue weighted by molar-refractivity contribution is 0.0731. The first kappa shape index (κ1) is 17.7. The Balaban J connectivity index is 2.17. The summed E-state index contributed by atoms with van der Waals surface area (Å²) in [7, 11) is 3.96. The highest BCUT2D eigenvalue weighted by Gasteiger charge is 2.16. The van der Waals surface area contributed by atoms with Crippen LogP contribution in [0.4, 0.5) is 0 Å². The fraction of sp³-hybridized carbons (Fsp3) is 0.263. The molecule has 0 bridgehead atoms. The Morgan fingerprint density at radius 2 is 1.46 bits per heavy atom. The van der Waals surface area contributed by atoms with E-state index in [1.807, 2.05) is 54.2 Å². The van der Waals surface area contributed by atoms with Gasteiger partial charge in [-0.1, -0.05) is 30.3 Å². The van der Waals surface area contributed by atoms with Crippen molar-refractivity contribution in [2.45, 2.75) is 6.54 Å². The van der Waals surface area contributed by atoms with Crippen LogP contribution in [-0.2, 0) is 6.54 Å². The van der Waals surface area contributed by atoms with E-state index in [-0.39, 0.29) is 5.91 Å². The van der Waals surface area contributed by atoms with Crippen LogP contribution in [0.1, 0.15) is 26.3 Å². The number of hydrogen-bond donors (Lipinski definition) is 1. The van der Waals surface area contributed by atoms with Gasteiger partial charge in [0.2, 0.25) is 5.91 Å². The molecule has 2 amide bonds. The number of benzene rings is 2. The lowest BCUT2D eigenvalue weighted by atomic mass is 10.1. The van der Waals surface area contributed by atoms with E-state index in [4.69, 9.17) is 5.73 Å². The number of rotatable bonds is 7. The maximum Gasteiger partial charge on any atom is 0.254 e. The monoisotopic (exact) mass is 325 g/mol. The Hall–Kier alpha value is -2.66. The standard InChI is InChI=1S/C19H23N3O2/c1-21(2)12-13-22(14-15-6-4-3-5-7-15)19(24)17-10-8-16(9-11-17)18(20)23/h3-11H,12-14H2,1-2H3,(H2,20,23). The van der Waals surface area contributed by atoms with E-state index in [1.54, 1.807) is 24.3 Å². The summed E-state index contributed by atoms with van der Waals surface area (Å²) in [5.41, 5.74) is 7.27. The average Bonchev–Trinajstić information content (AvgIpc) is 2.58. The van der Waals surface area contributed by atoms with Gasteiger partial charge < -0.3 is 15.5 Å². The Labute approximate surface area is 142 Å². The molecule has 5 nitrogen and oxygen atoms in total. The summed E-state index contributed by atoms with van der Waals surface area (Å²) in [4.78, 5) is 27.8. The largest absolute Gasteiger partial charge is 0.366 e. The fourth-order valence-corrected chi connectivity index (χ4v) is 2.34. The molecule has 0 atom stereocenters. The molecule has 2 aromatic rings. The van der Waals surface area contributed by atoms with Crippen LogP contribution in [0.3, 0.4) is 0 Å². The highest BCUT2D eigenvalue weighted by molar-refractivity contribution is 5.97. The van der Waals surface area contributed by atoms with Gasteiger partial charge in [0.1, 0.15) is 0 Å². The van der Waals surface area contributed by atoms with E-state index in [2.05, 4.69) is 0 Å². The van der Waals surface area contributed by atoms with Crippen molar-refractivity contribution in [3.05, 3.63) is 71.3 Å². The molecule has 0 aliphatic carbocycles. The van der Waals surface area contributed by atoms with E-state index in [0.29, 0.717) is 24.2 Å². The van der Waals surface area contributed by atoms with Gasteiger partial charge in [-0.3, -0.25) is 9.59 Å². The van der Waals surface area contributed by atoms with Crippen LogP contribution in [-0.4, -0.2) is 48.8 Å². The molecule has 24 heavy (non-hydrogen) atoms. The van der Waals surface area contributed by atoms with Crippen LogP contribution in [0.25, 0.3) is 0 Å². The van der Waals surface area contributed by atoms with Crippen LogP contribution >= 0.6 is 0 Å². The van der Waals surface area contributed by atoms with E-state index in [9.17, 15) is 9.59 Å². The number of carbonyl (C=O) groups excluding carboxylic acids is 2. The molecule has 2 aromatic carbocycles. The van der Waals surface area contributed by atoms with Gasteiger partial charge in [0.05, 0.1) is 0 Å². The average molecular weight is 325 g/mol. The molecule has 0 saturated carbocycles. The minimum atomic E-state index is -0.497. The molecular formula is C19H23N3O2. The predicted molar refractivity (Wildman–Crippen MR) is 94.7 cm³/mol. The predicted octanol–water partition coefficient (Wildman–Crippen LogP) is 1.99. The number of nitrogens with zero attached hydrogens (tertiary/aromatic N) is 2. The van der Waals surface area contributed by atoms with Crippen LogP contribution in [0, 0.1) is 0 Å². The summed E-state index contributed by atoms with van der Waals surface area (Å²) in [5.74, 6) is -0.556. The van der Waals surface area contributed by atoms with Crippen molar-refractivity contribution in [3.63, 3.8) is 0 Å². The van der Waals surface area contributed by atoms with Crippen molar-refractivity contribution in [1.29, 1.82) is 0 Å². The van der Waals surface area contributed by atoms with Gasteiger partial charge in [-0.2, -0.15) is 0 Å². The van der Waals surface area contributed by atoms with E-state index in [1.165, 1.54) is 0 Å². The molecule has 0 aliphatic heterocycles. The van der Waals surface area contributed by atoms with Crippen molar-refractivity contribution >= 4 is 11.8 Å². The molecule has 0 saturated heterocycles. The lowest BCUT2D eigenvalue weighted by Gasteiger charge is -2.25. The summed E-state index contributed by atoms with van der Waals surface area (Å²) in [6.07, 6.45) is 0. The van der Waals surface area contributed by atoms with Crippen molar-refractivity contribution in [2.75, 3.05) is 27.2 Å². The van der Waals surface area contributed by atoms with Gasteiger partial charge in [-0.15, -0.1) is 0 Å². The number of amides is 2. The summed E-state index contributed by atoms with van der Waals surface area (Å²) in [5, 5.41) is 0. The molecule has 0 spiro atoms. The van der Waals surface area contributed by atoms with Gasteiger partial charge in [0, 0.05) is 30.8 Å². The molecule has 5 heteroatoms. The van der Waals surface area contributed by atoms with Crippen LogP contribution in [0.5, 0.6) is 0 Å². The first-order valence-corrected chi connectivity index (χ1v) is 7.85. The molecule has 0 aliphatic rings. The molecule has 0 aromatic heterocycles. The van der Waals surface area contributed by atoms with Crippen LogP contribution < -0.4 is 5.73 Å². The van der Waals surface area contributed by atoms with E-state index >= 15 is 0 Å². The number of likely N-dealkylation sites (N-methyl/N-ethyl adjacent to an activating group) is 1. The Kier molecular flexibility index (Phi) is 6.09. The molecule has 0 unspecified atom stereocenters. The second-order valence-electron chi connectivity index (χ2n) is 5.96. The number of primary amides is 1. The van der Waals surface area contributed by atoms with Crippen LogP contribution in [0.2, 0.25) is 0 Å². The van der Waals surface area contributed by atoms with Gasteiger partial charge in [-0.05, 0) is 43.9 Å². The maximum atomic E-state index is 12.8. The molecule has 2 N–H and O–H groups in total. The minimum Gasteiger partial charge on any atom is -0.366 e. The first-order chi connectivity index (χ1) is 11.5. The Bertz CT molecular complexity index is 682. The molecule has 0 fully saturated rings. The second-order valence-corrected chi connectivity index (χ2v) is 5.96. The third-order valence-electron chi connectivity index (χ3n) is 3.74. The SMILES string of the molecule is CN(C)CCN(Cc1ccccc1)C(=O)c1ccc(C(N)=O)cc1. The smallest absolute Gasteiger partial charge is 0.254 e. The van der Waals surface area contributed by atoms with Crippen molar-refractivity contribution in [3.8, 4) is 0 Å². The zero-order valence-electron chi connectivity index (χ0n) is 14.1. The van der Waals surface area contributed by atoms with Crippen molar-refractivity contribution in [2.24, 2.45) is 5.73 Å². The Morgan fingerprint density at radius 3 is 2.00 bits per heavy atom. The van der Waals surface area contributed by atoms with Gasteiger partial charge >= 0.3 is 0 Å². The second kappa shape index (κ2) is 8.26. The van der Waals surface area contributed by atoms with Gasteiger partial charge in [-0.25, -0.2) is 0 Å². The first-order valence-electron chi connectivity index (χ1n) is 7.85. The molecule has 126 valence electrons. The fourth-order valence-electron chi connectivity index (χ4n) is 2.34. The normalized spacial score (nSPS) is 10.6. The third-order valence-corrected chi connectivity index (χ3v) is 3.74. The molecule has 2 rings (SSSR count). The van der Waals surface area contributed by atoms with Crippen LogP contribution in [0.15, 0.2) is 54.6 Å². The summed E-state index contributed by atoms with van der Waals surface area (Å²) in [6, 6.07) is 16.4. The molecule has 0 radical (unpaired) electrons. The number of carbonyl (C=O) groups is 2. The molecular weight excluding hydrogens is 302 g/mol. The van der Waals surface area contributed by atoms with Gasteiger partial charge in [0.15, 0.2) is 0 Å².